The van der Waals surface area contributed by atoms with Crippen LogP contribution in [-0.4, -0.2) is 20.7 Å². The number of rotatable bonds is 4. The van der Waals surface area contributed by atoms with Crippen LogP contribution >= 0.6 is 23.2 Å². The van der Waals surface area contributed by atoms with Crippen molar-refractivity contribution in [1.29, 1.82) is 0 Å². The van der Waals surface area contributed by atoms with Gasteiger partial charge >= 0.3 is 0 Å². The fourth-order valence-corrected chi connectivity index (χ4v) is 3.55. The molecule has 0 radical (unpaired) electrons. The molecule has 0 saturated carbocycles. The molecule has 1 amide bonds. The van der Waals surface area contributed by atoms with Crippen molar-refractivity contribution in [2.75, 3.05) is 5.32 Å². The average molecular weight is 455 g/mol. The molecule has 0 unspecified atom stereocenters. The Balaban J connectivity index is 1.80. The van der Waals surface area contributed by atoms with Gasteiger partial charge in [0, 0.05) is 10.6 Å². The molecule has 31 heavy (non-hydrogen) atoms. The van der Waals surface area contributed by atoms with E-state index < -0.39 is 5.91 Å². The first-order valence-electron chi connectivity index (χ1n) is 9.39. The Hall–Kier alpha value is -3.22. The molecular formula is C23H17Cl2FN4O. The Morgan fingerprint density at radius 3 is 2.48 bits per heavy atom. The molecule has 0 aliphatic heterocycles. The van der Waals surface area contributed by atoms with E-state index >= 15 is 0 Å². The number of nitrogens with one attached hydrogen (secondary N) is 1. The van der Waals surface area contributed by atoms with Crippen LogP contribution in [0.3, 0.4) is 0 Å². The lowest BCUT2D eigenvalue weighted by molar-refractivity contribution is 0.101. The van der Waals surface area contributed by atoms with E-state index in [-0.39, 0.29) is 11.6 Å². The minimum absolute atomic E-state index is 0.0498. The lowest BCUT2D eigenvalue weighted by Gasteiger charge is -2.11. The molecule has 5 nitrogen and oxygen atoms in total. The number of anilines is 1. The second kappa shape index (κ2) is 8.49. The first kappa shape index (κ1) is 21.0. The number of nitrogens with zero attached hydrogens (tertiary/aromatic N) is 3. The first-order valence-corrected chi connectivity index (χ1v) is 10.1. The summed E-state index contributed by atoms with van der Waals surface area (Å²) in [4.78, 5) is 17.3. The van der Waals surface area contributed by atoms with Gasteiger partial charge in [0.25, 0.3) is 5.91 Å². The molecule has 0 fully saturated rings. The highest BCUT2D eigenvalue weighted by Gasteiger charge is 2.21. The van der Waals surface area contributed by atoms with E-state index in [0.717, 1.165) is 16.8 Å². The van der Waals surface area contributed by atoms with Crippen LogP contribution in [-0.2, 0) is 0 Å². The molecule has 0 atom stereocenters. The Kier molecular flexibility index (Phi) is 5.76. The zero-order chi connectivity index (χ0) is 22.1. The maximum atomic E-state index is 13.5. The number of aryl methyl sites for hydroxylation is 1. The van der Waals surface area contributed by atoms with E-state index in [4.69, 9.17) is 23.2 Å². The van der Waals surface area contributed by atoms with Crippen LogP contribution in [0, 0.1) is 19.7 Å². The molecule has 1 heterocycles. The van der Waals surface area contributed by atoms with Gasteiger partial charge in [-0.3, -0.25) is 4.79 Å². The summed E-state index contributed by atoms with van der Waals surface area (Å²) in [7, 11) is 0. The molecule has 0 bridgehead atoms. The highest BCUT2D eigenvalue weighted by atomic mass is 35.5. The summed E-state index contributed by atoms with van der Waals surface area (Å²) in [6, 6.07) is 16.4. The smallest absolute Gasteiger partial charge is 0.295 e. The van der Waals surface area contributed by atoms with Crippen LogP contribution in [0.15, 0.2) is 60.7 Å². The molecule has 0 aliphatic carbocycles. The summed E-state index contributed by atoms with van der Waals surface area (Å²) in [5.41, 5.74) is 3.84. The van der Waals surface area contributed by atoms with Crippen molar-refractivity contribution in [1.82, 2.24) is 14.8 Å². The minimum Gasteiger partial charge on any atom is -0.318 e. The van der Waals surface area contributed by atoms with Crippen LogP contribution in [0.25, 0.3) is 17.1 Å². The van der Waals surface area contributed by atoms with Gasteiger partial charge in [0.1, 0.15) is 5.82 Å². The van der Waals surface area contributed by atoms with E-state index in [9.17, 15) is 9.18 Å². The Labute approximate surface area is 188 Å². The highest BCUT2D eigenvalue weighted by molar-refractivity contribution is 6.36. The van der Waals surface area contributed by atoms with Crippen LogP contribution in [0.5, 0.6) is 0 Å². The molecule has 0 saturated heterocycles. The molecule has 4 aromatic rings. The topological polar surface area (TPSA) is 59.8 Å². The number of carbonyl (C=O) groups is 1. The molecule has 4 rings (SSSR count). The van der Waals surface area contributed by atoms with E-state index in [1.54, 1.807) is 28.9 Å². The largest absolute Gasteiger partial charge is 0.318 e. The van der Waals surface area contributed by atoms with Crippen molar-refractivity contribution >= 4 is 34.8 Å². The fraction of sp³-hybridized carbons (Fsp3) is 0.0870. The predicted molar refractivity (Wildman–Crippen MR) is 121 cm³/mol. The van der Waals surface area contributed by atoms with Gasteiger partial charge in [-0.15, -0.1) is 5.10 Å². The lowest BCUT2D eigenvalue weighted by atomic mass is 10.1. The van der Waals surface area contributed by atoms with E-state index in [2.05, 4.69) is 15.4 Å². The number of aromatic nitrogens is 3. The Morgan fingerprint density at radius 2 is 1.77 bits per heavy atom. The molecular weight excluding hydrogens is 438 g/mol. The SMILES string of the molecule is Cc1cccc(-n2nc(C(=O)Nc3ccc(Cl)cc3Cl)nc2-c2ccc(F)cc2)c1C. The number of amides is 1. The summed E-state index contributed by atoms with van der Waals surface area (Å²) >= 11 is 12.1. The summed E-state index contributed by atoms with van der Waals surface area (Å²) in [6.45, 7) is 3.96. The zero-order valence-electron chi connectivity index (χ0n) is 16.7. The molecule has 0 spiro atoms. The Bertz CT molecular complexity index is 1290. The van der Waals surface area contributed by atoms with Crippen molar-refractivity contribution < 1.29 is 9.18 Å². The normalized spacial score (nSPS) is 10.9. The van der Waals surface area contributed by atoms with Crippen LogP contribution in [0.4, 0.5) is 10.1 Å². The summed E-state index contributed by atoms with van der Waals surface area (Å²) < 4.78 is 15.0. The molecule has 8 heteroatoms. The number of halogens is 3. The van der Waals surface area contributed by atoms with Gasteiger partial charge in [-0.2, -0.15) is 0 Å². The molecule has 3 aromatic carbocycles. The number of hydrogen-bond donors (Lipinski definition) is 1. The van der Waals surface area contributed by atoms with Gasteiger partial charge in [0.2, 0.25) is 5.82 Å². The first-order chi connectivity index (χ1) is 14.8. The predicted octanol–water partition coefficient (Wildman–Crippen LogP) is 6.25. The quantitative estimate of drug-likeness (QED) is 0.396. The number of carbonyl (C=O) groups excluding carboxylic acids is 1. The second-order valence-electron chi connectivity index (χ2n) is 6.98. The van der Waals surface area contributed by atoms with E-state index in [1.165, 1.54) is 18.2 Å². The second-order valence-corrected chi connectivity index (χ2v) is 7.82. The molecule has 0 aliphatic rings. The highest BCUT2D eigenvalue weighted by Crippen LogP contribution is 2.27. The summed E-state index contributed by atoms with van der Waals surface area (Å²) in [6.07, 6.45) is 0. The van der Waals surface area contributed by atoms with Crippen LogP contribution < -0.4 is 5.32 Å². The molecule has 156 valence electrons. The zero-order valence-corrected chi connectivity index (χ0v) is 18.2. The van der Waals surface area contributed by atoms with Gasteiger partial charge < -0.3 is 5.32 Å². The third kappa shape index (κ3) is 4.31. The van der Waals surface area contributed by atoms with Gasteiger partial charge in [-0.05, 0) is 73.5 Å². The van der Waals surface area contributed by atoms with Gasteiger partial charge in [-0.1, -0.05) is 35.3 Å². The van der Waals surface area contributed by atoms with Gasteiger partial charge in [0.05, 0.1) is 16.4 Å². The van der Waals surface area contributed by atoms with Crippen molar-refractivity contribution in [2.24, 2.45) is 0 Å². The maximum Gasteiger partial charge on any atom is 0.295 e. The van der Waals surface area contributed by atoms with Gasteiger partial charge in [-0.25, -0.2) is 14.1 Å². The van der Waals surface area contributed by atoms with Crippen molar-refractivity contribution in [3.05, 3.63) is 93.5 Å². The summed E-state index contributed by atoms with van der Waals surface area (Å²) in [5.74, 6) is -0.527. The molecule has 1 N–H and O–H groups in total. The van der Waals surface area contributed by atoms with Crippen molar-refractivity contribution in [3.8, 4) is 17.1 Å². The lowest BCUT2D eigenvalue weighted by Crippen LogP contribution is -2.14. The minimum atomic E-state index is -0.531. The molecule has 1 aromatic heterocycles. The van der Waals surface area contributed by atoms with Crippen LogP contribution in [0.1, 0.15) is 21.7 Å². The summed E-state index contributed by atoms with van der Waals surface area (Å²) in [5, 5.41) is 7.92. The maximum absolute atomic E-state index is 13.5. The number of hydrogen-bond acceptors (Lipinski definition) is 3. The monoisotopic (exact) mass is 454 g/mol. The third-order valence-electron chi connectivity index (χ3n) is 4.90. The average Bonchev–Trinajstić information content (AvgIpc) is 3.18. The third-order valence-corrected chi connectivity index (χ3v) is 5.44. The van der Waals surface area contributed by atoms with Gasteiger partial charge in [0.15, 0.2) is 5.82 Å². The number of benzene rings is 3. The van der Waals surface area contributed by atoms with Crippen molar-refractivity contribution in [2.45, 2.75) is 13.8 Å². The Morgan fingerprint density at radius 1 is 1.03 bits per heavy atom. The van der Waals surface area contributed by atoms with Crippen LogP contribution in [0.2, 0.25) is 10.0 Å². The van der Waals surface area contributed by atoms with E-state index in [1.807, 2.05) is 32.0 Å². The van der Waals surface area contributed by atoms with Crippen molar-refractivity contribution in [3.63, 3.8) is 0 Å². The standard InChI is InChI=1S/C23H17Cl2FN4O/c1-13-4-3-5-20(14(13)2)30-22(15-6-9-17(26)10-7-15)28-21(29-30)23(31)27-19-11-8-16(24)12-18(19)25/h3-12H,1-2H3,(H,27,31). The fourth-order valence-electron chi connectivity index (χ4n) is 3.10. The van der Waals surface area contributed by atoms with E-state index in [0.29, 0.717) is 27.1 Å².